The first-order valence-corrected chi connectivity index (χ1v) is 7.20. The summed E-state index contributed by atoms with van der Waals surface area (Å²) in [4.78, 5) is 11.2. The highest BCUT2D eigenvalue weighted by Gasteiger charge is 2.29. The number of anilines is 1. The molecule has 0 heterocycles. The summed E-state index contributed by atoms with van der Waals surface area (Å²) in [5.74, 6) is -1.11. The van der Waals surface area contributed by atoms with Crippen LogP contribution in [0.2, 0.25) is 0 Å². The Kier molecular flexibility index (Phi) is 4.58. The van der Waals surface area contributed by atoms with Gasteiger partial charge in [0.15, 0.2) is 5.25 Å². The molecule has 0 saturated heterocycles. The van der Waals surface area contributed by atoms with Crippen molar-refractivity contribution < 1.29 is 23.1 Å². The van der Waals surface area contributed by atoms with Gasteiger partial charge in [0.1, 0.15) is 5.75 Å². The average Bonchev–Trinajstić information content (AvgIpc) is 2.31. The summed E-state index contributed by atoms with van der Waals surface area (Å²) in [6, 6.07) is 4.26. The van der Waals surface area contributed by atoms with E-state index < -0.39 is 21.2 Å². The number of phenols is 1. The van der Waals surface area contributed by atoms with Crippen molar-refractivity contribution >= 4 is 37.6 Å². The largest absolute Gasteiger partial charge is 0.506 e. The molecule has 8 heteroatoms. The molecular weight excluding hydrogens is 326 g/mol. The molecular formula is C10H12BrNO5S. The van der Waals surface area contributed by atoms with Crippen molar-refractivity contribution in [2.75, 3.05) is 11.8 Å². The molecule has 1 rings (SSSR count). The van der Waals surface area contributed by atoms with Crippen LogP contribution >= 0.6 is 15.9 Å². The van der Waals surface area contributed by atoms with Crippen LogP contribution in [0.25, 0.3) is 0 Å². The van der Waals surface area contributed by atoms with Gasteiger partial charge >= 0.3 is 5.97 Å². The molecule has 0 bridgehead atoms. The first-order chi connectivity index (χ1) is 8.27. The maximum atomic E-state index is 11.8. The van der Waals surface area contributed by atoms with Crippen LogP contribution in [-0.4, -0.2) is 31.9 Å². The number of aromatic hydroxyl groups is 1. The number of nitrogens with one attached hydrogen (secondary N) is 1. The van der Waals surface area contributed by atoms with Gasteiger partial charge < -0.3 is 9.84 Å². The lowest BCUT2D eigenvalue weighted by molar-refractivity contribution is -0.139. The molecule has 0 saturated carbocycles. The molecule has 0 aliphatic carbocycles. The van der Waals surface area contributed by atoms with Crippen LogP contribution < -0.4 is 4.72 Å². The summed E-state index contributed by atoms with van der Waals surface area (Å²) in [7, 11) is -2.87. The van der Waals surface area contributed by atoms with E-state index in [2.05, 4.69) is 25.4 Å². The molecule has 100 valence electrons. The molecule has 0 fully saturated rings. The average molecular weight is 338 g/mol. The van der Waals surface area contributed by atoms with Gasteiger partial charge in [-0.3, -0.25) is 9.52 Å². The van der Waals surface area contributed by atoms with Crippen molar-refractivity contribution in [1.82, 2.24) is 0 Å². The summed E-state index contributed by atoms with van der Waals surface area (Å²) in [5, 5.41) is 8.14. The first-order valence-electron chi connectivity index (χ1n) is 4.86. The van der Waals surface area contributed by atoms with Crippen LogP contribution in [0.1, 0.15) is 6.92 Å². The molecule has 18 heavy (non-hydrogen) atoms. The van der Waals surface area contributed by atoms with Crippen LogP contribution in [-0.2, 0) is 19.6 Å². The number of carbonyl (C=O) groups excluding carboxylic acids is 1. The molecule has 1 unspecified atom stereocenters. The third-order valence-corrected chi connectivity index (χ3v) is 4.33. The van der Waals surface area contributed by atoms with E-state index in [1.165, 1.54) is 19.1 Å². The number of rotatable bonds is 4. The first kappa shape index (κ1) is 14.8. The molecule has 0 aliphatic rings. The standard InChI is InChI=1S/C10H12BrNO5S/c1-6(10(14)17-2)18(15,16)12-8-5-7(11)3-4-9(8)13/h3-6,12-13H,1-2H3. The Morgan fingerprint density at radius 2 is 2.11 bits per heavy atom. The van der Waals surface area contributed by atoms with Crippen LogP contribution in [0.5, 0.6) is 5.75 Å². The minimum absolute atomic E-state index is 0.0138. The van der Waals surface area contributed by atoms with Crippen molar-refractivity contribution in [2.45, 2.75) is 12.2 Å². The lowest BCUT2D eigenvalue weighted by Crippen LogP contribution is -2.33. The second kappa shape index (κ2) is 5.57. The molecule has 1 aromatic carbocycles. The number of sulfonamides is 1. The van der Waals surface area contributed by atoms with E-state index in [9.17, 15) is 18.3 Å². The minimum Gasteiger partial charge on any atom is -0.506 e. The summed E-state index contributed by atoms with van der Waals surface area (Å²) in [6.07, 6.45) is 0. The monoisotopic (exact) mass is 337 g/mol. The molecule has 1 aromatic rings. The molecule has 0 aliphatic heterocycles. The van der Waals surface area contributed by atoms with Gasteiger partial charge in [0.2, 0.25) is 10.0 Å². The molecule has 0 aromatic heterocycles. The zero-order chi connectivity index (χ0) is 13.9. The number of ether oxygens (including phenoxy) is 1. The van der Waals surface area contributed by atoms with E-state index in [1.54, 1.807) is 6.07 Å². The van der Waals surface area contributed by atoms with E-state index in [0.29, 0.717) is 4.47 Å². The Hall–Kier alpha value is -1.28. The highest BCUT2D eigenvalue weighted by Crippen LogP contribution is 2.28. The quantitative estimate of drug-likeness (QED) is 0.640. The van der Waals surface area contributed by atoms with Crippen LogP contribution in [0.3, 0.4) is 0 Å². The predicted molar refractivity (Wildman–Crippen MR) is 69.8 cm³/mol. The Morgan fingerprint density at radius 1 is 1.50 bits per heavy atom. The summed E-state index contributed by atoms with van der Waals surface area (Å²) in [6.45, 7) is 1.20. The van der Waals surface area contributed by atoms with E-state index in [4.69, 9.17) is 0 Å². The minimum atomic E-state index is -3.97. The number of carbonyl (C=O) groups is 1. The smallest absolute Gasteiger partial charge is 0.325 e. The summed E-state index contributed by atoms with van der Waals surface area (Å²) < 4.78 is 30.7. The van der Waals surface area contributed by atoms with Gasteiger partial charge in [-0.15, -0.1) is 0 Å². The maximum Gasteiger partial charge on any atom is 0.325 e. The number of esters is 1. The van der Waals surface area contributed by atoms with Crippen LogP contribution in [0.15, 0.2) is 22.7 Å². The van der Waals surface area contributed by atoms with E-state index in [1.807, 2.05) is 0 Å². The SMILES string of the molecule is COC(=O)C(C)S(=O)(=O)Nc1cc(Br)ccc1O. The fraction of sp³-hybridized carbons (Fsp3) is 0.300. The highest BCUT2D eigenvalue weighted by atomic mass is 79.9. The number of methoxy groups -OCH3 is 1. The van der Waals surface area contributed by atoms with Gasteiger partial charge in [-0.25, -0.2) is 8.42 Å². The molecule has 1 atom stereocenters. The van der Waals surface area contributed by atoms with Gasteiger partial charge in [-0.2, -0.15) is 0 Å². The van der Waals surface area contributed by atoms with Gasteiger partial charge in [0.05, 0.1) is 12.8 Å². The lowest BCUT2D eigenvalue weighted by Gasteiger charge is -2.13. The maximum absolute atomic E-state index is 11.8. The zero-order valence-corrected chi connectivity index (χ0v) is 12.1. The van der Waals surface area contributed by atoms with E-state index >= 15 is 0 Å². The number of hydrogen-bond donors (Lipinski definition) is 2. The van der Waals surface area contributed by atoms with Crippen LogP contribution in [0, 0.1) is 0 Å². The van der Waals surface area contributed by atoms with Gasteiger partial charge in [-0.05, 0) is 25.1 Å². The topological polar surface area (TPSA) is 92.7 Å². The number of phenolic OH excluding ortho intramolecular Hbond substituents is 1. The highest BCUT2D eigenvalue weighted by molar-refractivity contribution is 9.10. The molecule has 6 nitrogen and oxygen atoms in total. The molecule has 0 radical (unpaired) electrons. The molecule has 0 spiro atoms. The second-order valence-corrected chi connectivity index (χ2v) is 6.39. The van der Waals surface area contributed by atoms with Crippen molar-refractivity contribution in [3.63, 3.8) is 0 Å². The molecule has 2 N–H and O–H groups in total. The fourth-order valence-electron chi connectivity index (χ4n) is 1.12. The van der Waals surface area contributed by atoms with Crippen LogP contribution in [0.4, 0.5) is 5.69 Å². The van der Waals surface area contributed by atoms with Crippen molar-refractivity contribution in [1.29, 1.82) is 0 Å². The third kappa shape index (κ3) is 3.36. The predicted octanol–water partition coefficient (Wildman–Crippen LogP) is 1.46. The van der Waals surface area contributed by atoms with Gasteiger partial charge in [-0.1, -0.05) is 15.9 Å². The zero-order valence-electron chi connectivity index (χ0n) is 9.68. The van der Waals surface area contributed by atoms with Gasteiger partial charge in [0, 0.05) is 4.47 Å². The fourth-order valence-corrected chi connectivity index (χ4v) is 2.48. The van der Waals surface area contributed by atoms with Crippen molar-refractivity contribution in [2.24, 2.45) is 0 Å². The number of benzene rings is 1. The van der Waals surface area contributed by atoms with Crippen molar-refractivity contribution in [3.8, 4) is 5.75 Å². The van der Waals surface area contributed by atoms with E-state index in [-0.39, 0.29) is 11.4 Å². The van der Waals surface area contributed by atoms with E-state index in [0.717, 1.165) is 7.11 Å². The second-order valence-electron chi connectivity index (χ2n) is 3.47. The van der Waals surface area contributed by atoms with Crippen molar-refractivity contribution in [3.05, 3.63) is 22.7 Å². The summed E-state index contributed by atoms with van der Waals surface area (Å²) in [5.41, 5.74) is -0.0138. The third-order valence-electron chi connectivity index (χ3n) is 2.21. The Labute approximate surface area is 113 Å². The Bertz CT molecular complexity index is 557. The summed E-state index contributed by atoms with van der Waals surface area (Å²) >= 11 is 3.15. The van der Waals surface area contributed by atoms with Gasteiger partial charge in [0.25, 0.3) is 0 Å². The normalized spacial score (nSPS) is 12.8. The lowest BCUT2D eigenvalue weighted by atomic mass is 10.3. The Morgan fingerprint density at radius 3 is 2.67 bits per heavy atom. The number of hydrogen-bond acceptors (Lipinski definition) is 5. The number of halogens is 1. The molecule has 0 amide bonds. The Balaban J connectivity index is 3.02.